The lowest BCUT2D eigenvalue weighted by Gasteiger charge is -2.30. The lowest BCUT2D eigenvalue weighted by atomic mass is 10.1. The molecule has 7 heteroatoms. The van der Waals surface area contributed by atoms with Crippen LogP contribution in [0.25, 0.3) is 0 Å². The summed E-state index contributed by atoms with van der Waals surface area (Å²) in [5, 5.41) is 2.93. The van der Waals surface area contributed by atoms with Crippen LogP contribution in [0.5, 0.6) is 0 Å². The number of sulfone groups is 1. The molecule has 26 heavy (non-hydrogen) atoms. The van der Waals surface area contributed by atoms with E-state index in [-0.39, 0.29) is 9.79 Å². The van der Waals surface area contributed by atoms with Gasteiger partial charge in [0.25, 0.3) is 0 Å². The number of hydrogen-bond donors (Lipinski definition) is 0. The van der Waals surface area contributed by atoms with E-state index >= 15 is 0 Å². The molecule has 1 fully saturated rings. The second kappa shape index (κ2) is 7.89. The van der Waals surface area contributed by atoms with Gasteiger partial charge in [-0.3, -0.25) is 0 Å². The molecule has 0 aromatic heterocycles. The van der Waals surface area contributed by atoms with Gasteiger partial charge in [0.2, 0.25) is 9.84 Å². The minimum Gasteiger partial charge on any atom is -0.370 e. The number of rotatable bonds is 4. The normalized spacial score (nSPS) is 14.8. The van der Waals surface area contributed by atoms with Crippen LogP contribution in [-0.4, -0.2) is 26.7 Å². The quantitative estimate of drug-likeness (QED) is 0.516. The molecule has 0 unspecified atom stereocenters. The highest BCUT2D eigenvalue weighted by Gasteiger charge is 2.22. The number of thiocarbonyl (C=S) groups is 1. The third-order valence-electron chi connectivity index (χ3n) is 4.56. The summed E-state index contributed by atoms with van der Waals surface area (Å²) < 4.78 is 26.1. The molecule has 0 N–H and O–H groups in total. The summed E-state index contributed by atoms with van der Waals surface area (Å²) in [5.41, 5.74) is 2.16. The lowest BCUT2D eigenvalue weighted by molar-refractivity contribution is 0.577. The fraction of sp³-hybridized carbons (Fsp3) is 0.316. The largest absolute Gasteiger partial charge is 0.370 e. The predicted octanol–water partition coefficient (Wildman–Crippen LogP) is 5.21. The van der Waals surface area contributed by atoms with Crippen molar-refractivity contribution in [3.63, 3.8) is 0 Å². The molecule has 136 valence electrons. The van der Waals surface area contributed by atoms with E-state index in [1.807, 2.05) is 0 Å². The average Bonchev–Trinajstić information content (AvgIpc) is 2.65. The van der Waals surface area contributed by atoms with Crippen molar-refractivity contribution < 1.29 is 8.42 Å². The number of nitrogens with zero attached hydrogens (tertiary/aromatic N) is 2. The minimum absolute atomic E-state index is 0.232. The third kappa shape index (κ3) is 3.84. The molecular weight excluding hydrogens is 388 g/mol. The molecule has 0 amide bonds. The highest BCUT2D eigenvalue weighted by Crippen LogP contribution is 2.35. The van der Waals surface area contributed by atoms with Crippen molar-refractivity contribution in [3.05, 3.63) is 47.0 Å². The molecule has 4 nitrogen and oxygen atoms in total. The molecule has 0 radical (unpaired) electrons. The van der Waals surface area contributed by atoms with Crippen molar-refractivity contribution >= 4 is 50.2 Å². The molecule has 0 saturated carbocycles. The Morgan fingerprint density at radius 1 is 1.08 bits per heavy atom. The molecule has 0 atom stereocenters. The zero-order valence-corrected chi connectivity index (χ0v) is 16.8. The number of benzene rings is 2. The second-order valence-corrected chi connectivity index (χ2v) is 8.86. The predicted molar refractivity (Wildman–Crippen MR) is 109 cm³/mol. The zero-order valence-electron chi connectivity index (χ0n) is 14.4. The Balaban J connectivity index is 2.09. The number of anilines is 1. The molecule has 1 aliphatic rings. The number of hydrogen-bond acceptors (Lipinski definition) is 5. The van der Waals surface area contributed by atoms with Crippen LogP contribution in [0, 0.1) is 6.92 Å². The van der Waals surface area contributed by atoms with E-state index in [2.05, 4.69) is 15.1 Å². The first kappa shape index (κ1) is 19.1. The summed E-state index contributed by atoms with van der Waals surface area (Å²) in [6.45, 7) is 3.55. The zero-order chi connectivity index (χ0) is 18.7. The molecule has 0 aliphatic carbocycles. The first-order chi connectivity index (χ1) is 12.4. The summed E-state index contributed by atoms with van der Waals surface area (Å²) in [6.07, 6.45) is 3.34. The van der Waals surface area contributed by atoms with E-state index in [0.29, 0.717) is 10.7 Å². The number of aryl methyl sites for hydroxylation is 1. The SMILES string of the molecule is Cc1cc(S(=O)(=O)c2ccc(N=C=S)c(N3CCCCC3)c2)ccc1Cl. The van der Waals surface area contributed by atoms with Crippen molar-refractivity contribution in [1.29, 1.82) is 0 Å². The number of aliphatic imine (C=N–C) groups is 1. The van der Waals surface area contributed by atoms with Gasteiger partial charge < -0.3 is 4.90 Å². The first-order valence-electron chi connectivity index (χ1n) is 8.41. The van der Waals surface area contributed by atoms with Crippen LogP contribution in [0.2, 0.25) is 5.02 Å². The van der Waals surface area contributed by atoms with E-state index in [1.54, 1.807) is 37.3 Å². The highest BCUT2D eigenvalue weighted by molar-refractivity contribution is 7.91. The molecule has 2 aromatic rings. The van der Waals surface area contributed by atoms with Gasteiger partial charge in [0.1, 0.15) is 0 Å². The number of piperidine rings is 1. The maximum absolute atomic E-state index is 13.1. The van der Waals surface area contributed by atoms with Crippen LogP contribution in [0.3, 0.4) is 0 Å². The average molecular weight is 407 g/mol. The van der Waals surface area contributed by atoms with Gasteiger partial charge in [-0.25, -0.2) is 8.42 Å². The maximum atomic E-state index is 13.1. The number of isothiocyanates is 1. The molecule has 0 spiro atoms. The Morgan fingerprint density at radius 3 is 2.38 bits per heavy atom. The fourth-order valence-electron chi connectivity index (χ4n) is 3.12. The molecule has 2 aromatic carbocycles. The Morgan fingerprint density at radius 2 is 1.73 bits per heavy atom. The Kier molecular flexibility index (Phi) is 5.78. The topological polar surface area (TPSA) is 49.7 Å². The molecule has 1 aliphatic heterocycles. The van der Waals surface area contributed by atoms with Crippen LogP contribution in [0.1, 0.15) is 24.8 Å². The van der Waals surface area contributed by atoms with Gasteiger partial charge in [-0.05, 0) is 80.4 Å². The molecule has 3 rings (SSSR count). The van der Waals surface area contributed by atoms with Gasteiger partial charge in [-0.1, -0.05) is 11.6 Å². The second-order valence-electron chi connectivity index (χ2n) is 6.32. The standard InChI is InChI=1S/C19H19ClN2O2S2/c1-14-11-15(5-7-17(14)20)26(23,24)16-6-8-18(21-13-25)19(12-16)22-9-3-2-4-10-22/h5-8,11-12H,2-4,9-10H2,1H3. The third-order valence-corrected chi connectivity index (χ3v) is 6.82. The monoisotopic (exact) mass is 406 g/mol. The van der Waals surface area contributed by atoms with Crippen LogP contribution in [-0.2, 0) is 9.84 Å². The van der Waals surface area contributed by atoms with Crippen molar-refractivity contribution in [2.75, 3.05) is 18.0 Å². The Bertz CT molecular complexity index is 977. The summed E-state index contributed by atoms with van der Waals surface area (Å²) >= 11 is 10.8. The summed E-state index contributed by atoms with van der Waals surface area (Å²) in [6, 6.07) is 9.70. The summed E-state index contributed by atoms with van der Waals surface area (Å²) in [7, 11) is -3.64. The molecule has 1 heterocycles. The van der Waals surface area contributed by atoms with E-state index < -0.39 is 9.84 Å². The molecule has 0 bridgehead atoms. The summed E-state index contributed by atoms with van der Waals surface area (Å²) in [4.78, 5) is 6.75. The highest BCUT2D eigenvalue weighted by atomic mass is 35.5. The van der Waals surface area contributed by atoms with Gasteiger partial charge >= 0.3 is 0 Å². The molecule has 1 saturated heterocycles. The van der Waals surface area contributed by atoms with Crippen LogP contribution in [0.4, 0.5) is 11.4 Å². The Labute approximate surface area is 164 Å². The van der Waals surface area contributed by atoms with Crippen LogP contribution >= 0.6 is 23.8 Å². The minimum atomic E-state index is -3.64. The van der Waals surface area contributed by atoms with Crippen molar-refractivity contribution in [2.24, 2.45) is 4.99 Å². The van der Waals surface area contributed by atoms with Crippen molar-refractivity contribution in [2.45, 2.75) is 36.0 Å². The smallest absolute Gasteiger partial charge is 0.206 e. The van der Waals surface area contributed by atoms with Gasteiger partial charge in [0.15, 0.2) is 0 Å². The number of halogens is 1. The first-order valence-corrected chi connectivity index (χ1v) is 10.7. The lowest BCUT2D eigenvalue weighted by Crippen LogP contribution is -2.29. The van der Waals surface area contributed by atoms with E-state index in [1.165, 1.54) is 12.5 Å². The van der Waals surface area contributed by atoms with E-state index in [0.717, 1.165) is 37.2 Å². The summed E-state index contributed by atoms with van der Waals surface area (Å²) in [5.74, 6) is 0. The van der Waals surface area contributed by atoms with Gasteiger partial charge in [-0.15, -0.1) is 0 Å². The Hall–Kier alpha value is -1.72. The van der Waals surface area contributed by atoms with Crippen LogP contribution < -0.4 is 4.90 Å². The van der Waals surface area contributed by atoms with Gasteiger partial charge in [-0.2, -0.15) is 4.99 Å². The van der Waals surface area contributed by atoms with Crippen molar-refractivity contribution in [3.8, 4) is 0 Å². The van der Waals surface area contributed by atoms with E-state index in [9.17, 15) is 8.42 Å². The van der Waals surface area contributed by atoms with Crippen molar-refractivity contribution in [1.82, 2.24) is 0 Å². The van der Waals surface area contributed by atoms with Gasteiger partial charge in [0.05, 0.1) is 26.3 Å². The van der Waals surface area contributed by atoms with E-state index in [4.69, 9.17) is 23.8 Å². The molecular formula is C19H19ClN2O2S2. The van der Waals surface area contributed by atoms with Crippen LogP contribution in [0.15, 0.2) is 51.2 Å². The van der Waals surface area contributed by atoms with Gasteiger partial charge in [0, 0.05) is 18.1 Å². The maximum Gasteiger partial charge on any atom is 0.206 e. The fourth-order valence-corrected chi connectivity index (χ4v) is 4.70.